The van der Waals surface area contributed by atoms with Crippen molar-refractivity contribution in [3.05, 3.63) is 72.3 Å². The molecule has 3 aromatic carbocycles. The predicted molar refractivity (Wildman–Crippen MR) is 187 cm³/mol. The first-order valence-electron chi connectivity index (χ1n) is 14.4. The molecule has 0 spiro atoms. The maximum absolute atomic E-state index is 5.89. The second kappa shape index (κ2) is 18.1. The summed E-state index contributed by atoms with van der Waals surface area (Å²) in [5.41, 5.74) is 3.16. The summed E-state index contributed by atoms with van der Waals surface area (Å²) in [5.74, 6) is 3.36. The Morgan fingerprint density at radius 1 is 0.795 bits per heavy atom. The van der Waals surface area contributed by atoms with Gasteiger partial charge in [-0.2, -0.15) is 0 Å². The predicted octanol–water partition coefficient (Wildman–Crippen LogP) is 6.99. The van der Waals surface area contributed by atoms with Crippen LogP contribution in [0.3, 0.4) is 0 Å². The Balaban J connectivity index is 0.00000225. The van der Waals surface area contributed by atoms with E-state index in [1.54, 1.807) is 14.2 Å². The van der Waals surface area contributed by atoms with Crippen molar-refractivity contribution in [3.63, 3.8) is 0 Å². The van der Waals surface area contributed by atoms with E-state index in [-0.39, 0.29) is 37.2 Å². The van der Waals surface area contributed by atoms with Crippen LogP contribution in [0.25, 0.3) is 22.0 Å². The summed E-state index contributed by atoms with van der Waals surface area (Å²) in [6, 6.07) is 22.9. The largest absolute Gasteiger partial charge is 0.497 e. The minimum atomic E-state index is 0. The number of methoxy groups -OCH3 is 2. The van der Waals surface area contributed by atoms with Crippen molar-refractivity contribution in [1.29, 1.82) is 0 Å². The Kier molecular flexibility index (Phi) is 15.3. The molecule has 0 bridgehead atoms. The smallest absolute Gasteiger partial charge is 0.156 e. The second-order valence-electron chi connectivity index (χ2n) is 10.9. The maximum Gasteiger partial charge on any atom is 0.156 e. The SMILES string of the molecule is COc1ccc(-c2nnc(NC3CCN(Cc4ccc(OCCCN(C)C)cc4)CC3)c3cc(OC)ccc23)cc1.Cl.Cl.Cl. The first-order chi connectivity index (χ1) is 20.0. The molecule has 0 saturated carbocycles. The Bertz CT molecular complexity index is 1420. The molecule has 5 rings (SSSR count). The lowest BCUT2D eigenvalue weighted by atomic mass is 10.0. The molecule has 1 fully saturated rings. The van der Waals surface area contributed by atoms with Gasteiger partial charge in [-0.05, 0) is 93.5 Å². The monoisotopic (exact) mass is 663 g/mol. The Hall–Kier alpha value is -3.01. The number of rotatable bonds is 12. The van der Waals surface area contributed by atoms with E-state index in [0.29, 0.717) is 6.04 Å². The number of ether oxygens (including phenoxy) is 3. The van der Waals surface area contributed by atoms with Crippen LogP contribution in [0.2, 0.25) is 0 Å². The first-order valence-corrected chi connectivity index (χ1v) is 14.4. The topological polar surface area (TPSA) is 72.0 Å². The molecule has 1 aliphatic heterocycles. The number of fused-ring (bicyclic) bond motifs is 1. The number of hydrogen-bond donors (Lipinski definition) is 1. The maximum atomic E-state index is 5.89. The quantitative estimate of drug-likeness (QED) is 0.163. The highest BCUT2D eigenvalue weighted by Crippen LogP contribution is 2.34. The van der Waals surface area contributed by atoms with E-state index in [4.69, 9.17) is 14.2 Å². The molecule has 1 aromatic heterocycles. The summed E-state index contributed by atoms with van der Waals surface area (Å²) >= 11 is 0. The van der Waals surface area contributed by atoms with Crippen molar-refractivity contribution in [2.24, 2.45) is 0 Å². The van der Waals surface area contributed by atoms with E-state index in [2.05, 4.69) is 69.7 Å². The van der Waals surface area contributed by atoms with E-state index < -0.39 is 0 Å². The van der Waals surface area contributed by atoms with E-state index in [1.807, 2.05) is 36.4 Å². The molecule has 1 aliphatic rings. The standard InChI is InChI=1S/C33H41N5O3.3ClH/c1-37(2)18-5-21-41-28-10-6-24(7-11-28)23-38-19-16-26(17-20-38)34-33-31-22-29(40-4)14-15-30(31)32(35-36-33)25-8-12-27(39-3)13-9-25;;;/h6-15,22,26H,5,16-21,23H2,1-4H3,(H,34,36);3*1H. The number of piperidine rings is 1. The molecular formula is C33H44Cl3N5O3. The number of aromatic nitrogens is 2. The van der Waals surface area contributed by atoms with Crippen molar-refractivity contribution in [3.8, 4) is 28.5 Å². The van der Waals surface area contributed by atoms with Gasteiger partial charge in [0.2, 0.25) is 0 Å². The number of hydrogen-bond acceptors (Lipinski definition) is 8. The van der Waals surface area contributed by atoms with Crippen molar-refractivity contribution in [1.82, 2.24) is 20.0 Å². The fourth-order valence-electron chi connectivity index (χ4n) is 5.28. The van der Waals surface area contributed by atoms with E-state index >= 15 is 0 Å². The molecule has 1 N–H and O–H groups in total. The van der Waals surface area contributed by atoms with Gasteiger partial charge in [0.1, 0.15) is 22.9 Å². The molecule has 0 aliphatic carbocycles. The molecule has 8 nitrogen and oxygen atoms in total. The van der Waals surface area contributed by atoms with Crippen LogP contribution in [0.1, 0.15) is 24.8 Å². The molecule has 0 atom stereocenters. The van der Waals surface area contributed by atoms with E-state index in [0.717, 1.165) is 97.1 Å². The molecule has 0 unspecified atom stereocenters. The molecule has 44 heavy (non-hydrogen) atoms. The lowest BCUT2D eigenvalue weighted by Crippen LogP contribution is -2.38. The average Bonchev–Trinajstić information content (AvgIpc) is 3.01. The number of likely N-dealkylation sites (tertiary alicyclic amines) is 1. The van der Waals surface area contributed by atoms with Gasteiger partial charge >= 0.3 is 0 Å². The number of benzene rings is 3. The van der Waals surface area contributed by atoms with Crippen LogP contribution in [0.4, 0.5) is 5.82 Å². The molecule has 1 saturated heterocycles. The van der Waals surface area contributed by atoms with Gasteiger partial charge < -0.3 is 24.4 Å². The van der Waals surface area contributed by atoms with Crippen molar-refractivity contribution < 1.29 is 14.2 Å². The molecule has 11 heteroatoms. The third-order valence-corrected chi connectivity index (χ3v) is 7.63. The van der Waals surface area contributed by atoms with Crippen LogP contribution >= 0.6 is 37.2 Å². The van der Waals surface area contributed by atoms with Gasteiger partial charge in [0, 0.05) is 48.6 Å². The normalized spacial score (nSPS) is 13.4. The third kappa shape index (κ3) is 9.74. The zero-order valence-corrected chi connectivity index (χ0v) is 28.3. The van der Waals surface area contributed by atoms with Gasteiger partial charge in [0.05, 0.1) is 20.8 Å². The van der Waals surface area contributed by atoms with Crippen LogP contribution in [0, 0.1) is 0 Å². The fourth-order valence-corrected chi connectivity index (χ4v) is 5.28. The van der Waals surface area contributed by atoms with Gasteiger partial charge in [0.15, 0.2) is 5.82 Å². The minimum absolute atomic E-state index is 0. The van der Waals surface area contributed by atoms with Crippen LogP contribution in [0.5, 0.6) is 17.2 Å². The van der Waals surface area contributed by atoms with Gasteiger partial charge in [-0.15, -0.1) is 47.4 Å². The van der Waals surface area contributed by atoms with Crippen LogP contribution in [0.15, 0.2) is 66.7 Å². The summed E-state index contributed by atoms with van der Waals surface area (Å²) < 4.78 is 16.8. The average molecular weight is 665 g/mol. The molecule has 2 heterocycles. The van der Waals surface area contributed by atoms with Crippen molar-refractivity contribution >= 4 is 53.8 Å². The van der Waals surface area contributed by atoms with E-state index in [9.17, 15) is 0 Å². The molecule has 0 amide bonds. The molecular weight excluding hydrogens is 621 g/mol. The number of nitrogens with one attached hydrogen (secondary N) is 1. The number of nitrogens with zero attached hydrogens (tertiary/aromatic N) is 4. The lowest BCUT2D eigenvalue weighted by Gasteiger charge is -2.32. The summed E-state index contributed by atoms with van der Waals surface area (Å²) in [6.07, 6.45) is 3.11. The fraction of sp³-hybridized carbons (Fsp3) is 0.394. The Labute approximate surface area is 279 Å². The second-order valence-corrected chi connectivity index (χ2v) is 10.9. The third-order valence-electron chi connectivity index (χ3n) is 7.63. The van der Waals surface area contributed by atoms with Crippen molar-refractivity contribution in [2.45, 2.75) is 31.8 Å². The van der Waals surface area contributed by atoms with Crippen LogP contribution < -0.4 is 19.5 Å². The summed E-state index contributed by atoms with van der Waals surface area (Å²) in [7, 11) is 7.53. The summed E-state index contributed by atoms with van der Waals surface area (Å²) in [6.45, 7) is 4.78. The zero-order chi connectivity index (χ0) is 28.6. The highest BCUT2D eigenvalue weighted by atomic mass is 35.5. The van der Waals surface area contributed by atoms with Crippen LogP contribution in [-0.2, 0) is 6.54 Å². The van der Waals surface area contributed by atoms with Gasteiger partial charge in [-0.25, -0.2) is 0 Å². The van der Waals surface area contributed by atoms with Gasteiger partial charge in [0.25, 0.3) is 0 Å². The van der Waals surface area contributed by atoms with Crippen LogP contribution in [-0.4, -0.2) is 80.6 Å². The minimum Gasteiger partial charge on any atom is -0.497 e. The highest BCUT2D eigenvalue weighted by Gasteiger charge is 2.21. The van der Waals surface area contributed by atoms with Crippen molar-refractivity contribution in [2.75, 3.05) is 59.9 Å². The number of halogens is 3. The molecule has 240 valence electrons. The molecule has 0 radical (unpaired) electrons. The Morgan fingerprint density at radius 2 is 1.43 bits per heavy atom. The first kappa shape index (κ1) is 37.2. The van der Waals surface area contributed by atoms with Gasteiger partial charge in [-0.3, -0.25) is 4.90 Å². The number of anilines is 1. The zero-order valence-electron chi connectivity index (χ0n) is 25.8. The Morgan fingerprint density at radius 3 is 2.07 bits per heavy atom. The highest BCUT2D eigenvalue weighted by molar-refractivity contribution is 6.00. The van der Waals surface area contributed by atoms with Gasteiger partial charge in [-0.1, -0.05) is 12.1 Å². The molecule has 4 aromatic rings. The van der Waals surface area contributed by atoms with E-state index in [1.165, 1.54) is 5.56 Å². The lowest BCUT2D eigenvalue weighted by molar-refractivity contribution is 0.211. The summed E-state index contributed by atoms with van der Waals surface area (Å²) in [4.78, 5) is 4.70. The summed E-state index contributed by atoms with van der Waals surface area (Å²) in [5, 5.41) is 15.0.